The van der Waals surface area contributed by atoms with Crippen molar-refractivity contribution in [2.75, 3.05) is 26.2 Å². The third-order valence-corrected chi connectivity index (χ3v) is 6.67. The van der Waals surface area contributed by atoms with Gasteiger partial charge in [-0.25, -0.2) is 13.1 Å². The summed E-state index contributed by atoms with van der Waals surface area (Å²) in [5.74, 6) is -0.117. The highest BCUT2D eigenvalue weighted by Crippen LogP contribution is 2.37. The predicted octanol–water partition coefficient (Wildman–Crippen LogP) is 1.12. The van der Waals surface area contributed by atoms with Crippen molar-refractivity contribution in [3.8, 4) is 0 Å². The van der Waals surface area contributed by atoms with E-state index in [-0.39, 0.29) is 16.7 Å². The van der Waals surface area contributed by atoms with Gasteiger partial charge < -0.3 is 10.2 Å². The molecule has 2 saturated heterocycles. The smallest absolute Gasteiger partial charge is 0.253 e. The Kier molecular flexibility index (Phi) is 5.34. The first-order valence-corrected chi connectivity index (χ1v) is 10.5. The largest absolute Gasteiger partial charge is 0.356 e. The number of rotatable bonds is 5. The van der Waals surface area contributed by atoms with E-state index in [0.29, 0.717) is 44.6 Å². The van der Waals surface area contributed by atoms with Crippen LogP contribution >= 0.6 is 0 Å². The van der Waals surface area contributed by atoms with E-state index < -0.39 is 15.4 Å². The molecule has 7 nitrogen and oxygen atoms in total. The molecule has 2 aliphatic heterocycles. The summed E-state index contributed by atoms with van der Waals surface area (Å²) in [5, 5.41) is 2.90. The molecule has 1 atom stereocenters. The third kappa shape index (κ3) is 3.61. The molecule has 2 amide bonds. The van der Waals surface area contributed by atoms with Gasteiger partial charge in [0.05, 0.1) is 10.3 Å². The topological polar surface area (TPSA) is 95.6 Å². The third-order valence-electron chi connectivity index (χ3n) is 5.19. The molecule has 1 aromatic carbocycles. The van der Waals surface area contributed by atoms with Crippen molar-refractivity contribution >= 4 is 21.8 Å². The zero-order valence-electron chi connectivity index (χ0n) is 15.0. The number of likely N-dealkylation sites (tertiary alicyclic amines) is 1. The van der Waals surface area contributed by atoms with Gasteiger partial charge >= 0.3 is 0 Å². The van der Waals surface area contributed by atoms with E-state index in [1.54, 1.807) is 4.90 Å². The first-order valence-electron chi connectivity index (χ1n) is 9.05. The van der Waals surface area contributed by atoms with Gasteiger partial charge in [-0.3, -0.25) is 9.59 Å². The minimum Gasteiger partial charge on any atom is -0.356 e. The van der Waals surface area contributed by atoms with Crippen LogP contribution in [0.2, 0.25) is 0 Å². The Morgan fingerprint density at radius 2 is 2.00 bits per heavy atom. The van der Waals surface area contributed by atoms with E-state index in [1.165, 1.54) is 24.3 Å². The summed E-state index contributed by atoms with van der Waals surface area (Å²) >= 11 is 0. The fourth-order valence-corrected chi connectivity index (χ4v) is 4.78. The van der Waals surface area contributed by atoms with E-state index in [1.807, 2.05) is 6.92 Å². The molecule has 2 aliphatic rings. The van der Waals surface area contributed by atoms with Crippen molar-refractivity contribution < 1.29 is 18.0 Å². The minimum atomic E-state index is -3.54. The summed E-state index contributed by atoms with van der Waals surface area (Å²) in [5.41, 5.74) is -0.0194. The molecule has 26 heavy (non-hydrogen) atoms. The standard InChI is InChI=1S/C18H25N3O4S/c1-2-10-20-26(24,25)15-6-4-14(5-7-15)16(22)21-12-9-18(13-21)8-3-11-19-17(18)23/h4-7,20H,2-3,8-13H2,1H3,(H,19,23)/t18-/m1/s1. The van der Waals surface area contributed by atoms with Gasteiger partial charge in [-0.2, -0.15) is 0 Å². The quantitative estimate of drug-likeness (QED) is 0.801. The number of hydrogen-bond acceptors (Lipinski definition) is 4. The van der Waals surface area contributed by atoms with Crippen molar-refractivity contribution in [1.82, 2.24) is 14.9 Å². The zero-order valence-corrected chi connectivity index (χ0v) is 15.8. The van der Waals surface area contributed by atoms with Crippen LogP contribution < -0.4 is 10.0 Å². The highest BCUT2D eigenvalue weighted by Gasteiger charge is 2.46. The van der Waals surface area contributed by atoms with Crippen LogP contribution in [0.5, 0.6) is 0 Å². The van der Waals surface area contributed by atoms with Crippen LogP contribution in [0.4, 0.5) is 0 Å². The molecule has 0 aromatic heterocycles. The molecular formula is C18H25N3O4S. The number of carbonyl (C=O) groups is 2. The van der Waals surface area contributed by atoms with Gasteiger partial charge in [0, 0.05) is 31.7 Å². The van der Waals surface area contributed by atoms with E-state index in [0.717, 1.165) is 12.8 Å². The van der Waals surface area contributed by atoms with Gasteiger partial charge in [-0.05, 0) is 49.9 Å². The van der Waals surface area contributed by atoms with Crippen LogP contribution in [-0.2, 0) is 14.8 Å². The molecule has 2 N–H and O–H groups in total. The molecule has 0 unspecified atom stereocenters. The number of hydrogen-bond donors (Lipinski definition) is 2. The Balaban J connectivity index is 1.70. The van der Waals surface area contributed by atoms with Crippen molar-refractivity contribution in [3.05, 3.63) is 29.8 Å². The second-order valence-electron chi connectivity index (χ2n) is 7.04. The average molecular weight is 379 g/mol. The Labute approximate surface area is 154 Å². The van der Waals surface area contributed by atoms with Gasteiger partial charge in [-0.1, -0.05) is 6.92 Å². The normalized spacial score (nSPS) is 23.3. The first kappa shape index (κ1) is 18.8. The van der Waals surface area contributed by atoms with Gasteiger partial charge in [0.15, 0.2) is 0 Å². The van der Waals surface area contributed by atoms with Crippen LogP contribution in [0.15, 0.2) is 29.2 Å². The molecule has 0 radical (unpaired) electrons. The molecule has 8 heteroatoms. The van der Waals surface area contributed by atoms with Crippen LogP contribution in [-0.4, -0.2) is 51.3 Å². The maximum Gasteiger partial charge on any atom is 0.253 e. The molecule has 0 aliphatic carbocycles. The summed E-state index contributed by atoms with van der Waals surface area (Å²) < 4.78 is 26.7. The minimum absolute atomic E-state index is 0.0440. The lowest BCUT2D eigenvalue weighted by molar-refractivity contribution is -0.132. The molecule has 0 bridgehead atoms. The van der Waals surface area contributed by atoms with Crippen molar-refractivity contribution in [1.29, 1.82) is 0 Å². The molecule has 2 fully saturated rings. The number of piperidine rings is 1. The lowest BCUT2D eigenvalue weighted by Gasteiger charge is -2.32. The van der Waals surface area contributed by atoms with Crippen LogP contribution in [0, 0.1) is 5.41 Å². The number of nitrogens with one attached hydrogen (secondary N) is 2. The molecule has 1 spiro atoms. The maximum absolute atomic E-state index is 12.7. The second-order valence-corrected chi connectivity index (χ2v) is 8.81. The van der Waals surface area contributed by atoms with Crippen LogP contribution in [0.1, 0.15) is 43.0 Å². The molecule has 2 heterocycles. The summed E-state index contributed by atoms with van der Waals surface area (Å²) in [4.78, 5) is 26.8. The Morgan fingerprint density at radius 3 is 2.65 bits per heavy atom. The van der Waals surface area contributed by atoms with E-state index in [2.05, 4.69) is 10.0 Å². The predicted molar refractivity (Wildman–Crippen MR) is 97.1 cm³/mol. The number of nitrogens with zero attached hydrogens (tertiary/aromatic N) is 1. The summed E-state index contributed by atoms with van der Waals surface area (Å²) in [6.07, 6.45) is 3.13. The number of sulfonamides is 1. The lowest BCUT2D eigenvalue weighted by Crippen LogP contribution is -2.47. The average Bonchev–Trinajstić information content (AvgIpc) is 3.07. The van der Waals surface area contributed by atoms with Crippen molar-refractivity contribution in [2.45, 2.75) is 37.5 Å². The number of carbonyl (C=O) groups excluding carboxylic acids is 2. The Bertz CT molecular complexity index is 791. The lowest BCUT2D eigenvalue weighted by atomic mass is 9.79. The van der Waals surface area contributed by atoms with Crippen LogP contribution in [0.3, 0.4) is 0 Å². The number of amides is 2. The molecular weight excluding hydrogens is 354 g/mol. The van der Waals surface area contributed by atoms with Gasteiger partial charge in [0.2, 0.25) is 15.9 Å². The van der Waals surface area contributed by atoms with E-state index in [4.69, 9.17) is 0 Å². The summed E-state index contributed by atoms with van der Waals surface area (Å²) in [7, 11) is -3.54. The molecule has 3 rings (SSSR count). The fraction of sp³-hybridized carbons (Fsp3) is 0.556. The van der Waals surface area contributed by atoms with Crippen LogP contribution in [0.25, 0.3) is 0 Å². The summed E-state index contributed by atoms with van der Waals surface area (Å²) in [6.45, 7) is 3.94. The van der Waals surface area contributed by atoms with Gasteiger partial charge in [0.25, 0.3) is 5.91 Å². The zero-order chi connectivity index (χ0) is 18.8. The Hall–Kier alpha value is -1.93. The highest BCUT2D eigenvalue weighted by atomic mass is 32.2. The van der Waals surface area contributed by atoms with E-state index >= 15 is 0 Å². The monoisotopic (exact) mass is 379 g/mol. The number of benzene rings is 1. The molecule has 1 aromatic rings. The SMILES string of the molecule is CCCNS(=O)(=O)c1ccc(C(=O)N2CC[C@]3(CCCNC3=O)C2)cc1. The van der Waals surface area contributed by atoms with Gasteiger partial charge in [0.1, 0.15) is 0 Å². The maximum atomic E-state index is 12.7. The fourth-order valence-electron chi connectivity index (χ4n) is 3.64. The Morgan fingerprint density at radius 1 is 1.27 bits per heavy atom. The van der Waals surface area contributed by atoms with Crippen molar-refractivity contribution in [2.24, 2.45) is 5.41 Å². The van der Waals surface area contributed by atoms with Crippen molar-refractivity contribution in [3.63, 3.8) is 0 Å². The summed E-state index contributed by atoms with van der Waals surface area (Å²) in [6, 6.07) is 5.97. The molecule has 0 saturated carbocycles. The highest BCUT2D eigenvalue weighted by molar-refractivity contribution is 7.89. The van der Waals surface area contributed by atoms with E-state index in [9.17, 15) is 18.0 Å². The second kappa shape index (κ2) is 7.36. The molecule has 142 valence electrons. The van der Waals surface area contributed by atoms with Gasteiger partial charge in [-0.15, -0.1) is 0 Å². The first-order chi connectivity index (χ1) is 12.4.